The first kappa shape index (κ1) is 14.4. The van der Waals surface area contributed by atoms with Gasteiger partial charge in [-0.2, -0.15) is 0 Å². The van der Waals surface area contributed by atoms with Crippen molar-refractivity contribution < 1.29 is 5.11 Å². The van der Waals surface area contributed by atoms with Gasteiger partial charge in [-0.15, -0.1) is 0 Å². The molecule has 3 nitrogen and oxygen atoms in total. The van der Waals surface area contributed by atoms with Gasteiger partial charge in [0.1, 0.15) is 5.75 Å². The summed E-state index contributed by atoms with van der Waals surface area (Å²) < 4.78 is 0. The summed E-state index contributed by atoms with van der Waals surface area (Å²) in [5, 5.41) is 13.7. The lowest BCUT2D eigenvalue weighted by molar-refractivity contribution is 0.197. The van der Waals surface area contributed by atoms with E-state index in [0.717, 1.165) is 18.5 Å². The summed E-state index contributed by atoms with van der Waals surface area (Å²) in [6.07, 6.45) is 3.42. The maximum absolute atomic E-state index is 9.97. The number of phenols is 1. The van der Waals surface area contributed by atoms with Crippen molar-refractivity contribution in [2.45, 2.75) is 45.2 Å². The molecular weight excluding hydrogens is 236 g/mol. The van der Waals surface area contributed by atoms with E-state index in [1.54, 1.807) is 6.07 Å². The highest BCUT2D eigenvalue weighted by Crippen LogP contribution is 2.27. The standard InChI is InChI=1S/C16H26N2O/c1-3-15(14-7-5-6-8-16(14)19)17-13-9-11-18(4-2)12-10-13/h5-8,13,15,17,19H,3-4,9-12H2,1-2H3. The van der Waals surface area contributed by atoms with Gasteiger partial charge in [-0.25, -0.2) is 0 Å². The van der Waals surface area contributed by atoms with Gasteiger partial charge in [0, 0.05) is 17.6 Å². The van der Waals surface area contributed by atoms with Crippen LogP contribution in [-0.2, 0) is 0 Å². The number of piperidine rings is 1. The van der Waals surface area contributed by atoms with Crippen LogP contribution in [0.5, 0.6) is 5.75 Å². The fraction of sp³-hybridized carbons (Fsp3) is 0.625. The summed E-state index contributed by atoms with van der Waals surface area (Å²) in [5.74, 6) is 0.410. The number of hydrogen-bond acceptors (Lipinski definition) is 3. The zero-order chi connectivity index (χ0) is 13.7. The van der Waals surface area contributed by atoms with Gasteiger partial charge in [0.2, 0.25) is 0 Å². The molecule has 1 heterocycles. The average Bonchev–Trinajstić information content (AvgIpc) is 2.46. The van der Waals surface area contributed by atoms with Crippen molar-refractivity contribution in [3.05, 3.63) is 29.8 Å². The van der Waals surface area contributed by atoms with E-state index in [1.165, 1.54) is 25.9 Å². The average molecular weight is 262 g/mol. The molecule has 19 heavy (non-hydrogen) atoms. The van der Waals surface area contributed by atoms with Crippen LogP contribution < -0.4 is 5.32 Å². The predicted octanol–water partition coefficient (Wildman–Crippen LogP) is 2.92. The van der Waals surface area contributed by atoms with Crippen molar-refractivity contribution in [2.24, 2.45) is 0 Å². The van der Waals surface area contributed by atoms with Crippen molar-refractivity contribution >= 4 is 0 Å². The highest BCUT2D eigenvalue weighted by atomic mass is 16.3. The van der Waals surface area contributed by atoms with Crippen LogP contribution in [0.3, 0.4) is 0 Å². The van der Waals surface area contributed by atoms with Crippen LogP contribution >= 0.6 is 0 Å². The van der Waals surface area contributed by atoms with Crippen molar-refractivity contribution in [3.63, 3.8) is 0 Å². The molecule has 1 saturated heterocycles. The van der Waals surface area contributed by atoms with Crippen LogP contribution in [0.15, 0.2) is 24.3 Å². The first-order valence-electron chi connectivity index (χ1n) is 7.50. The molecule has 1 aromatic carbocycles. The zero-order valence-electron chi connectivity index (χ0n) is 12.1. The highest BCUT2D eigenvalue weighted by molar-refractivity contribution is 5.34. The van der Waals surface area contributed by atoms with Gasteiger partial charge in [0.15, 0.2) is 0 Å². The quantitative estimate of drug-likeness (QED) is 0.856. The van der Waals surface area contributed by atoms with Crippen molar-refractivity contribution in [1.82, 2.24) is 10.2 Å². The minimum absolute atomic E-state index is 0.263. The topological polar surface area (TPSA) is 35.5 Å². The molecule has 0 spiro atoms. The normalized spacial score (nSPS) is 19.5. The molecule has 3 heteroatoms. The number of nitrogens with one attached hydrogen (secondary N) is 1. The lowest BCUT2D eigenvalue weighted by atomic mass is 9.99. The van der Waals surface area contributed by atoms with Crippen LogP contribution in [0.4, 0.5) is 0 Å². The van der Waals surface area contributed by atoms with Gasteiger partial charge in [-0.1, -0.05) is 32.0 Å². The molecule has 0 aromatic heterocycles. The number of phenolic OH excluding ortho intramolecular Hbond substituents is 1. The van der Waals surface area contributed by atoms with Crippen LogP contribution in [0, 0.1) is 0 Å². The molecule has 1 fully saturated rings. The van der Waals surface area contributed by atoms with E-state index in [0.29, 0.717) is 11.8 Å². The van der Waals surface area contributed by atoms with Crippen molar-refractivity contribution in [3.8, 4) is 5.75 Å². The molecule has 1 unspecified atom stereocenters. The number of benzene rings is 1. The number of aromatic hydroxyl groups is 1. The Morgan fingerprint density at radius 1 is 1.26 bits per heavy atom. The lowest BCUT2D eigenvalue weighted by Gasteiger charge is -2.34. The Kier molecular flexibility index (Phi) is 5.23. The number of hydrogen-bond donors (Lipinski definition) is 2. The molecule has 0 bridgehead atoms. The Hall–Kier alpha value is -1.06. The molecule has 106 valence electrons. The van der Waals surface area contributed by atoms with Gasteiger partial charge in [-0.3, -0.25) is 0 Å². The Bertz CT molecular complexity index is 386. The molecule has 0 saturated carbocycles. The van der Waals surface area contributed by atoms with E-state index in [1.807, 2.05) is 18.2 Å². The predicted molar refractivity (Wildman–Crippen MR) is 79.4 cm³/mol. The fourth-order valence-electron chi connectivity index (χ4n) is 2.91. The van der Waals surface area contributed by atoms with Crippen LogP contribution in [-0.4, -0.2) is 35.7 Å². The van der Waals surface area contributed by atoms with E-state index in [-0.39, 0.29) is 6.04 Å². The van der Waals surface area contributed by atoms with E-state index in [2.05, 4.69) is 24.1 Å². The number of rotatable bonds is 5. The van der Waals surface area contributed by atoms with E-state index >= 15 is 0 Å². The van der Waals surface area contributed by atoms with Gasteiger partial charge in [-0.05, 0) is 45.0 Å². The Morgan fingerprint density at radius 2 is 1.95 bits per heavy atom. The van der Waals surface area contributed by atoms with Crippen molar-refractivity contribution in [1.29, 1.82) is 0 Å². The lowest BCUT2D eigenvalue weighted by Crippen LogP contribution is -2.43. The first-order chi connectivity index (χ1) is 9.24. The molecule has 1 aliphatic heterocycles. The summed E-state index contributed by atoms with van der Waals surface area (Å²) in [6.45, 7) is 7.93. The minimum atomic E-state index is 0.263. The molecule has 2 N–H and O–H groups in total. The second kappa shape index (κ2) is 6.92. The number of likely N-dealkylation sites (tertiary alicyclic amines) is 1. The third-order valence-corrected chi connectivity index (χ3v) is 4.19. The molecule has 0 aliphatic carbocycles. The SMILES string of the molecule is CCC(NC1CCN(CC)CC1)c1ccccc1O. The summed E-state index contributed by atoms with van der Waals surface area (Å²) >= 11 is 0. The zero-order valence-corrected chi connectivity index (χ0v) is 12.1. The Morgan fingerprint density at radius 3 is 2.53 bits per heavy atom. The highest BCUT2D eigenvalue weighted by Gasteiger charge is 2.22. The van der Waals surface area contributed by atoms with Gasteiger partial charge in [0.25, 0.3) is 0 Å². The number of para-hydroxylation sites is 1. The Balaban J connectivity index is 1.95. The third-order valence-electron chi connectivity index (χ3n) is 4.19. The molecule has 1 aliphatic rings. The largest absolute Gasteiger partial charge is 0.508 e. The molecule has 0 amide bonds. The first-order valence-corrected chi connectivity index (χ1v) is 7.50. The maximum Gasteiger partial charge on any atom is 0.120 e. The summed E-state index contributed by atoms with van der Waals surface area (Å²) in [4.78, 5) is 2.50. The van der Waals surface area contributed by atoms with E-state index < -0.39 is 0 Å². The van der Waals surface area contributed by atoms with Crippen molar-refractivity contribution in [2.75, 3.05) is 19.6 Å². The number of nitrogens with zero attached hydrogens (tertiary/aromatic N) is 1. The molecule has 2 rings (SSSR count). The summed E-state index contributed by atoms with van der Waals surface area (Å²) in [7, 11) is 0. The van der Waals surface area contributed by atoms with E-state index in [4.69, 9.17) is 0 Å². The minimum Gasteiger partial charge on any atom is -0.508 e. The molecular formula is C16H26N2O. The molecule has 0 radical (unpaired) electrons. The van der Waals surface area contributed by atoms with Gasteiger partial charge >= 0.3 is 0 Å². The summed E-state index contributed by atoms with van der Waals surface area (Å²) in [5.41, 5.74) is 1.03. The monoisotopic (exact) mass is 262 g/mol. The second-order valence-electron chi connectivity index (χ2n) is 5.39. The van der Waals surface area contributed by atoms with Crippen LogP contribution in [0.1, 0.15) is 44.7 Å². The maximum atomic E-state index is 9.97. The smallest absolute Gasteiger partial charge is 0.120 e. The van der Waals surface area contributed by atoms with Gasteiger partial charge in [0.05, 0.1) is 0 Å². The fourth-order valence-corrected chi connectivity index (χ4v) is 2.91. The van der Waals surface area contributed by atoms with Gasteiger partial charge < -0.3 is 15.3 Å². The second-order valence-corrected chi connectivity index (χ2v) is 5.39. The Labute approximate surface area is 116 Å². The third kappa shape index (κ3) is 3.71. The van der Waals surface area contributed by atoms with Crippen LogP contribution in [0.25, 0.3) is 0 Å². The summed E-state index contributed by atoms with van der Waals surface area (Å²) in [6, 6.07) is 8.52. The molecule has 1 atom stereocenters. The molecule has 1 aromatic rings. The van der Waals surface area contributed by atoms with E-state index in [9.17, 15) is 5.11 Å². The van der Waals surface area contributed by atoms with Crippen LogP contribution in [0.2, 0.25) is 0 Å².